The predicted molar refractivity (Wildman–Crippen MR) is 101 cm³/mol. The summed E-state index contributed by atoms with van der Waals surface area (Å²) in [5, 5.41) is 0. The first-order valence-corrected chi connectivity index (χ1v) is 9.70. The average Bonchev–Trinajstić information content (AvgIpc) is 3.29. The Morgan fingerprint density at radius 2 is 1.87 bits per heavy atom. The van der Waals surface area contributed by atoms with Gasteiger partial charge in [0.25, 0.3) is 5.91 Å². The molecule has 0 atom stereocenters. The number of nitrogens with one attached hydrogen (secondary N) is 1. The van der Waals surface area contributed by atoms with E-state index in [2.05, 4.69) is 9.97 Å². The van der Waals surface area contributed by atoms with Gasteiger partial charge in [-0.3, -0.25) is 14.2 Å². The van der Waals surface area contributed by atoms with E-state index in [-0.39, 0.29) is 12.8 Å². The number of aryl methyl sites for hydroxylation is 2. The third kappa shape index (κ3) is 3.20. The quantitative estimate of drug-likeness (QED) is 0.766. The van der Waals surface area contributed by atoms with Crippen LogP contribution in [0.3, 0.4) is 0 Å². The summed E-state index contributed by atoms with van der Waals surface area (Å²) in [4.78, 5) is 46.1. The van der Waals surface area contributed by atoms with Crippen LogP contribution in [0.2, 0.25) is 0 Å². The van der Waals surface area contributed by atoms with E-state index in [1.54, 1.807) is 23.8 Å². The molecule has 1 saturated heterocycles. The molecule has 1 spiro atoms. The fraction of sp³-hybridized carbons (Fsp3) is 0.500. The number of hydrogen-bond acceptors (Lipinski definition) is 5. The Kier molecular flexibility index (Phi) is 4.55. The van der Waals surface area contributed by atoms with E-state index in [0.29, 0.717) is 17.2 Å². The second kappa shape index (κ2) is 6.75. The molecule has 10 heteroatoms. The van der Waals surface area contributed by atoms with Crippen molar-refractivity contribution in [1.29, 1.82) is 0 Å². The number of aromatic amines is 1. The molecule has 3 heterocycles. The monoisotopic (exact) mass is 420 g/mol. The van der Waals surface area contributed by atoms with Crippen LogP contribution < -0.4 is 0 Å². The molecule has 2 aromatic heterocycles. The lowest BCUT2D eigenvalue weighted by Gasteiger charge is -2.33. The van der Waals surface area contributed by atoms with Crippen molar-refractivity contribution in [2.75, 3.05) is 6.54 Å². The summed E-state index contributed by atoms with van der Waals surface area (Å²) in [5.74, 6) is -3.48. The molecular weight excluding hydrogens is 398 g/mol. The van der Waals surface area contributed by atoms with Gasteiger partial charge in [0.15, 0.2) is 11.4 Å². The standard InChI is InChI=1S/C20H22F2N4O4/c1-11-9-23-17(24-11)26-12(2)8-14(13(26)3)15(27)10-25-16(28)19(30-18(25)29)4-6-20(21,22)7-5-19/h8-9H,4-7,10H2,1-3H3,(H,23,24). The van der Waals surface area contributed by atoms with E-state index >= 15 is 0 Å². The van der Waals surface area contributed by atoms with Crippen molar-refractivity contribution in [3.8, 4) is 5.95 Å². The summed E-state index contributed by atoms with van der Waals surface area (Å²) in [6, 6.07) is 1.67. The molecule has 0 aromatic carbocycles. The van der Waals surface area contributed by atoms with Gasteiger partial charge in [-0.25, -0.2) is 23.5 Å². The van der Waals surface area contributed by atoms with Gasteiger partial charge in [-0.1, -0.05) is 0 Å². The molecule has 2 fully saturated rings. The lowest BCUT2D eigenvalue weighted by Crippen LogP contribution is -2.47. The molecule has 2 aromatic rings. The molecule has 1 N–H and O–H groups in total. The van der Waals surface area contributed by atoms with Gasteiger partial charge in [0, 0.05) is 54.5 Å². The zero-order chi connectivity index (χ0) is 21.8. The van der Waals surface area contributed by atoms with E-state index in [0.717, 1.165) is 16.3 Å². The van der Waals surface area contributed by atoms with Gasteiger partial charge in [0.2, 0.25) is 11.9 Å². The largest absolute Gasteiger partial charge is 0.432 e. The SMILES string of the molecule is Cc1cnc(-n2c(C)cc(C(=O)CN3C(=O)OC4(CCC(F)(F)CC4)C3=O)c2C)[nH]1. The Labute approximate surface area is 171 Å². The Morgan fingerprint density at radius 1 is 1.20 bits per heavy atom. The maximum atomic E-state index is 13.5. The first-order chi connectivity index (χ1) is 14.0. The van der Waals surface area contributed by atoms with Crippen molar-refractivity contribution >= 4 is 17.8 Å². The van der Waals surface area contributed by atoms with Crippen molar-refractivity contribution in [2.24, 2.45) is 0 Å². The smallest absolute Gasteiger partial charge is 0.418 e. The van der Waals surface area contributed by atoms with E-state index in [4.69, 9.17) is 4.74 Å². The first-order valence-electron chi connectivity index (χ1n) is 9.70. The number of H-pyrrole nitrogens is 1. The van der Waals surface area contributed by atoms with Crippen LogP contribution in [0.4, 0.5) is 13.6 Å². The minimum absolute atomic E-state index is 0.248. The summed E-state index contributed by atoms with van der Waals surface area (Å²) < 4.78 is 34.0. The van der Waals surface area contributed by atoms with Crippen LogP contribution in [0, 0.1) is 20.8 Å². The number of halogens is 2. The lowest BCUT2D eigenvalue weighted by atomic mass is 9.82. The van der Waals surface area contributed by atoms with Crippen LogP contribution in [0.25, 0.3) is 5.95 Å². The fourth-order valence-corrected chi connectivity index (χ4v) is 4.18. The number of ketones is 1. The second-order valence-corrected chi connectivity index (χ2v) is 8.04. The van der Waals surface area contributed by atoms with Gasteiger partial charge in [0.05, 0.1) is 6.54 Å². The van der Waals surface area contributed by atoms with Crippen molar-refractivity contribution in [3.63, 3.8) is 0 Å². The van der Waals surface area contributed by atoms with E-state index < -0.39 is 48.7 Å². The number of ether oxygens (including phenoxy) is 1. The predicted octanol–water partition coefficient (Wildman–Crippen LogP) is 3.24. The number of imide groups is 1. The Balaban J connectivity index is 1.55. The van der Waals surface area contributed by atoms with Gasteiger partial charge in [-0.15, -0.1) is 0 Å². The summed E-state index contributed by atoms with van der Waals surface area (Å²) in [5.41, 5.74) is 0.990. The number of amides is 2. The van der Waals surface area contributed by atoms with Gasteiger partial charge in [0.1, 0.15) is 0 Å². The van der Waals surface area contributed by atoms with Crippen LogP contribution in [-0.4, -0.2) is 55.3 Å². The summed E-state index contributed by atoms with van der Waals surface area (Å²) >= 11 is 0. The molecule has 4 rings (SSSR count). The highest BCUT2D eigenvalue weighted by Crippen LogP contribution is 2.44. The van der Waals surface area contributed by atoms with Crippen molar-refractivity contribution in [2.45, 2.75) is 58.0 Å². The van der Waals surface area contributed by atoms with Crippen LogP contribution in [0.1, 0.15) is 53.1 Å². The summed E-state index contributed by atoms with van der Waals surface area (Å²) in [6.07, 6.45) is -0.853. The number of imidazole rings is 1. The van der Waals surface area contributed by atoms with Crippen molar-refractivity contribution in [3.05, 3.63) is 34.9 Å². The number of Topliss-reactive ketones (excluding diaryl/α,β-unsaturated/α-hetero) is 1. The maximum absolute atomic E-state index is 13.5. The first kappa shape index (κ1) is 20.2. The van der Waals surface area contributed by atoms with Gasteiger partial charge in [-0.05, 0) is 26.8 Å². The number of nitrogens with zero attached hydrogens (tertiary/aromatic N) is 3. The molecule has 0 bridgehead atoms. The molecular formula is C20H22F2N4O4. The van der Waals surface area contributed by atoms with Crippen LogP contribution in [0.15, 0.2) is 12.3 Å². The lowest BCUT2D eigenvalue weighted by molar-refractivity contribution is -0.146. The molecule has 30 heavy (non-hydrogen) atoms. The highest BCUT2D eigenvalue weighted by atomic mass is 19.3. The Hall–Kier alpha value is -3.04. The third-order valence-corrected chi connectivity index (χ3v) is 5.86. The zero-order valence-corrected chi connectivity index (χ0v) is 16.9. The highest BCUT2D eigenvalue weighted by molar-refractivity contribution is 6.08. The normalized spacial score (nSPS) is 20.1. The van der Waals surface area contributed by atoms with Gasteiger partial charge in [-0.2, -0.15) is 0 Å². The van der Waals surface area contributed by atoms with E-state index in [1.807, 2.05) is 13.8 Å². The topological polar surface area (TPSA) is 97.3 Å². The Bertz CT molecular complexity index is 1050. The number of carbonyl (C=O) groups is 3. The molecule has 8 nitrogen and oxygen atoms in total. The van der Waals surface area contributed by atoms with Gasteiger partial charge >= 0.3 is 6.09 Å². The summed E-state index contributed by atoms with van der Waals surface area (Å²) in [7, 11) is 0. The molecule has 2 aliphatic rings. The minimum atomic E-state index is -2.87. The average molecular weight is 420 g/mol. The zero-order valence-electron chi connectivity index (χ0n) is 16.9. The van der Waals surface area contributed by atoms with Crippen LogP contribution in [-0.2, 0) is 9.53 Å². The van der Waals surface area contributed by atoms with E-state index in [1.165, 1.54) is 0 Å². The molecule has 1 aliphatic heterocycles. The van der Waals surface area contributed by atoms with Gasteiger partial charge < -0.3 is 9.72 Å². The Morgan fingerprint density at radius 3 is 2.47 bits per heavy atom. The molecule has 160 valence electrons. The number of rotatable bonds is 4. The summed E-state index contributed by atoms with van der Waals surface area (Å²) in [6.45, 7) is 4.91. The fourth-order valence-electron chi connectivity index (χ4n) is 4.18. The highest BCUT2D eigenvalue weighted by Gasteiger charge is 2.58. The second-order valence-electron chi connectivity index (χ2n) is 8.04. The maximum Gasteiger partial charge on any atom is 0.418 e. The molecule has 0 radical (unpaired) electrons. The van der Waals surface area contributed by atoms with E-state index in [9.17, 15) is 23.2 Å². The van der Waals surface area contributed by atoms with Crippen molar-refractivity contribution in [1.82, 2.24) is 19.4 Å². The molecule has 1 saturated carbocycles. The third-order valence-electron chi connectivity index (χ3n) is 5.86. The number of carbonyl (C=O) groups excluding carboxylic acids is 3. The van der Waals surface area contributed by atoms with Crippen LogP contribution in [0.5, 0.6) is 0 Å². The minimum Gasteiger partial charge on any atom is -0.432 e. The molecule has 2 amide bonds. The number of aromatic nitrogens is 3. The molecule has 1 aliphatic carbocycles. The molecule has 0 unspecified atom stereocenters. The number of alkyl halides is 2. The van der Waals surface area contributed by atoms with Crippen molar-refractivity contribution < 1.29 is 27.9 Å². The van der Waals surface area contributed by atoms with Crippen LogP contribution >= 0.6 is 0 Å². The number of hydrogen-bond donors (Lipinski definition) is 1.